The minimum atomic E-state index is -0.653. The van der Waals surface area contributed by atoms with E-state index in [9.17, 15) is 14.9 Å². The zero-order valence-corrected chi connectivity index (χ0v) is 12.0. The van der Waals surface area contributed by atoms with Crippen molar-refractivity contribution in [2.45, 2.75) is 0 Å². The summed E-state index contributed by atoms with van der Waals surface area (Å²) in [5.74, 6) is -0.615. The first-order valence-corrected chi connectivity index (χ1v) is 6.44. The monoisotopic (exact) mass is 325 g/mol. The topological polar surface area (TPSA) is 98.3 Å². The molecule has 2 aromatic rings. The van der Waals surface area contributed by atoms with E-state index in [0.29, 0.717) is 11.4 Å². The highest BCUT2D eigenvalue weighted by Crippen LogP contribution is 2.31. The van der Waals surface area contributed by atoms with Crippen LogP contribution in [0.15, 0.2) is 36.4 Å². The Morgan fingerprint density at radius 3 is 2.57 bits per heavy atom. The highest BCUT2D eigenvalue weighted by atomic mass is 35.5. The molecule has 0 bridgehead atoms. The number of carbonyl (C=O) groups is 1. The van der Waals surface area contributed by atoms with Crippen LogP contribution in [0.25, 0.3) is 0 Å². The third-order valence-corrected chi connectivity index (χ3v) is 3.41. The fourth-order valence-electron chi connectivity index (χ4n) is 1.66. The normalized spacial score (nSPS) is 10.2. The number of non-ortho nitro benzene ring substituents is 1. The highest BCUT2D eigenvalue weighted by molar-refractivity contribution is 6.44. The Balaban J connectivity index is 2.37. The van der Waals surface area contributed by atoms with Gasteiger partial charge in [-0.3, -0.25) is 14.9 Å². The number of rotatable bonds is 3. The maximum absolute atomic E-state index is 12.2. The number of nitrogen functional groups attached to an aromatic ring is 1. The summed E-state index contributed by atoms with van der Waals surface area (Å²) in [6.07, 6.45) is 0. The van der Waals surface area contributed by atoms with Crippen LogP contribution in [0, 0.1) is 10.1 Å². The van der Waals surface area contributed by atoms with Crippen molar-refractivity contribution < 1.29 is 9.72 Å². The number of nitrogens with zero attached hydrogens (tertiary/aromatic N) is 1. The second-order valence-electron chi connectivity index (χ2n) is 4.13. The minimum Gasteiger partial charge on any atom is -0.399 e. The van der Waals surface area contributed by atoms with Crippen molar-refractivity contribution in [1.82, 2.24) is 0 Å². The summed E-state index contributed by atoms with van der Waals surface area (Å²) in [4.78, 5) is 22.3. The maximum atomic E-state index is 12.2. The van der Waals surface area contributed by atoms with Gasteiger partial charge in [0.1, 0.15) is 0 Å². The molecule has 0 saturated heterocycles. The molecule has 108 valence electrons. The number of hydrogen-bond donors (Lipinski definition) is 2. The van der Waals surface area contributed by atoms with Gasteiger partial charge < -0.3 is 11.1 Å². The third-order valence-electron chi connectivity index (χ3n) is 2.61. The summed E-state index contributed by atoms with van der Waals surface area (Å²) >= 11 is 11.7. The molecule has 2 aromatic carbocycles. The van der Waals surface area contributed by atoms with Crippen LogP contribution < -0.4 is 11.1 Å². The number of nitro groups is 1. The fourth-order valence-corrected chi connectivity index (χ4v) is 2.07. The molecular formula is C13H9Cl2N3O3. The van der Waals surface area contributed by atoms with Crippen LogP contribution in [-0.4, -0.2) is 10.8 Å². The maximum Gasteiger partial charge on any atom is 0.271 e. The van der Waals surface area contributed by atoms with E-state index in [4.69, 9.17) is 28.9 Å². The van der Waals surface area contributed by atoms with Crippen LogP contribution in [0.3, 0.4) is 0 Å². The van der Waals surface area contributed by atoms with Crippen LogP contribution >= 0.6 is 23.2 Å². The average Bonchev–Trinajstić information content (AvgIpc) is 2.41. The molecule has 0 heterocycles. The Bertz CT molecular complexity index is 735. The Morgan fingerprint density at radius 2 is 1.95 bits per heavy atom. The minimum absolute atomic E-state index is 0.0522. The molecule has 8 heteroatoms. The highest BCUT2D eigenvalue weighted by Gasteiger charge is 2.19. The fraction of sp³-hybridized carbons (Fsp3) is 0. The molecule has 0 unspecified atom stereocenters. The molecule has 0 saturated carbocycles. The molecule has 3 N–H and O–H groups in total. The zero-order chi connectivity index (χ0) is 15.6. The van der Waals surface area contributed by atoms with Crippen molar-refractivity contribution in [3.8, 4) is 0 Å². The van der Waals surface area contributed by atoms with Crippen molar-refractivity contribution in [2.75, 3.05) is 11.1 Å². The molecule has 0 atom stereocenters. The first-order chi connectivity index (χ1) is 9.88. The van der Waals surface area contributed by atoms with Gasteiger partial charge in [0.25, 0.3) is 11.6 Å². The van der Waals surface area contributed by atoms with E-state index in [2.05, 4.69) is 5.32 Å². The summed E-state index contributed by atoms with van der Waals surface area (Å²) in [6, 6.07) is 8.64. The predicted molar refractivity (Wildman–Crippen MR) is 81.9 cm³/mol. The van der Waals surface area contributed by atoms with Gasteiger partial charge in [-0.05, 0) is 18.2 Å². The van der Waals surface area contributed by atoms with Gasteiger partial charge >= 0.3 is 0 Å². The van der Waals surface area contributed by atoms with Crippen molar-refractivity contribution in [3.05, 3.63) is 62.1 Å². The number of amides is 1. The smallest absolute Gasteiger partial charge is 0.271 e. The van der Waals surface area contributed by atoms with E-state index in [1.54, 1.807) is 24.3 Å². The van der Waals surface area contributed by atoms with Crippen LogP contribution in [-0.2, 0) is 0 Å². The van der Waals surface area contributed by atoms with Crippen LogP contribution in [0.5, 0.6) is 0 Å². The molecule has 0 spiro atoms. The number of nitrogens with one attached hydrogen (secondary N) is 1. The lowest BCUT2D eigenvalue weighted by Gasteiger charge is -2.08. The molecule has 0 aromatic heterocycles. The first-order valence-electron chi connectivity index (χ1n) is 5.69. The van der Waals surface area contributed by atoms with Crippen molar-refractivity contribution in [1.29, 1.82) is 0 Å². The number of hydrogen-bond acceptors (Lipinski definition) is 4. The van der Waals surface area contributed by atoms with E-state index in [0.717, 1.165) is 12.1 Å². The molecule has 21 heavy (non-hydrogen) atoms. The lowest BCUT2D eigenvalue weighted by molar-refractivity contribution is -0.384. The number of benzene rings is 2. The van der Waals surface area contributed by atoms with E-state index in [1.165, 1.54) is 0 Å². The summed E-state index contributed by atoms with van der Waals surface area (Å²) in [5.41, 5.74) is 6.11. The number of nitrogens with two attached hydrogens (primary N) is 1. The number of carbonyl (C=O) groups excluding carboxylic acids is 1. The van der Waals surface area contributed by atoms with Crippen LogP contribution in [0.1, 0.15) is 10.4 Å². The standard InChI is InChI=1S/C13H9Cl2N3O3/c14-11-6-9(18(20)21)5-10(12(11)15)13(19)17-8-3-1-2-7(16)4-8/h1-6H,16H2,(H,17,19). The van der Waals surface area contributed by atoms with Gasteiger partial charge in [-0.2, -0.15) is 0 Å². The van der Waals surface area contributed by atoms with Crippen molar-refractivity contribution in [2.24, 2.45) is 0 Å². The van der Waals surface area contributed by atoms with Crippen LogP contribution in [0.4, 0.5) is 17.1 Å². The molecule has 0 fully saturated rings. The van der Waals surface area contributed by atoms with Gasteiger partial charge in [0.05, 0.1) is 20.5 Å². The lowest BCUT2D eigenvalue weighted by atomic mass is 10.1. The molecule has 0 aliphatic heterocycles. The third kappa shape index (κ3) is 3.42. The Labute approximate surface area is 129 Å². The second kappa shape index (κ2) is 5.99. The van der Waals surface area contributed by atoms with Gasteiger partial charge in [0.2, 0.25) is 0 Å². The Hall–Kier alpha value is -2.31. The molecule has 0 aliphatic carbocycles. The molecule has 6 nitrogen and oxygen atoms in total. The quantitative estimate of drug-likeness (QED) is 0.510. The van der Waals surface area contributed by atoms with Crippen LogP contribution in [0.2, 0.25) is 10.0 Å². The SMILES string of the molecule is Nc1cccc(NC(=O)c2cc([N+](=O)[O-])cc(Cl)c2Cl)c1. The molecular weight excluding hydrogens is 317 g/mol. The Morgan fingerprint density at radius 1 is 1.24 bits per heavy atom. The van der Waals surface area contributed by atoms with E-state index in [-0.39, 0.29) is 21.3 Å². The first kappa shape index (κ1) is 15.1. The number of halogens is 2. The second-order valence-corrected chi connectivity index (χ2v) is 4.91. The van der Waals surface area contributed by atoms with Gasteiger partial charge in [-0.15, -0.1) is 0 Å². The zero-order valence-electron chi connectivity index (χ0n) is 10.5. The molecule has 0 aliphatic rings. The molecule has 1 amide bonds. The lowest BCUT2D eigenvalue weighted by Crippen LogP contribution is -2.13. The van der Waals surface area contributed by atoms with Crippen molar-refractivity contribution in [3.63, 3.8) is 0 Å². The van der Waals surface area contributed by atoms with E-state index in [1.807, 2.05) is 0 Å². The summed E-state index contributed by atoms with van der Waals surface area (Å²) in [7, 11) is 0. The Kier molecular flexibility index (Phi) is 4.30. The summed E-state index contributed by atoms with van der Waals surface area (Å²) < 4.78 is 0. The number of nitro benzene ring substituents is 1. The van der Waals surface area contributed by atoms with Gasteiger partial charge in [-0.25, -0.2) is 0 Å². The largest absolute Gasteiger partial charge is 0.399 e. The van der Waals surface area contributed by atoms with Crippen molar-refractivity contribution >= 4 is 46.2 Å². The number of anilines is 2. The summed E-state index contributed by atoms with van der Waals surface area (Å²) in [5, 5.41) is 13.2. The van der Waals surface area contributed by atoms with E-state index < -0.39 is 10.8 Å². The van der Waals surface area contributed by atoms with Gasteiger partial charge in [0.15, 0.2) is 0 Å². The van der Waals surface area contributed by atoms with Gasteiger partial charge in [-0.1, -0.05) is 29.3 Å². The van der Waals surface area contributed by atoms with Gasteiger partial charge in [0, 0.05) is 23.5 Å². The predicted octanol–water partition coefficient (Wildman–Crippen LogP) is 3.74. The summed E-state index contributed by atoms with van der Waals surface area (Å²) in [6.45, 7) is 0. The average molecular weight is 326 g/mol. The molecule has 2 rings (SSSR count). The van der Waals surface area contributed by atoms with E-state index >= 15 is 0 Å². The molecule has 0 radical (unpaired) electrons.